The average molecular weight is 560 g/mol. The number of alkyl carbamates (subject to hydrolysis) is 1. The van der Waals surface area contributed by atoms with Crippen LogP contribution in [0, 0.1) is 0 Å². The molecule has 3 atom stereocenters. The van der Waals surface area contributed by atoms with Crippen molar-refractivity contribution in [3.8, 4) is 11.5 Å². The van der Waals surface area contributed by atoms with Crippen molar-refractivity contribution in [1.82, 2.24) is 5.32 Å². The van der Waals surface area contributed by atoms with Gasteiger partial charge in [0.05, 0.1) is 17.5 Å². The molecule has 2 saturated heterocycles. The molecule has 0 aliphatic carbocycles. The first-order valence-corrected chi connectivity index (χ1v) is 14.9. The number of amidine groups is 1. The lowest BCUT2D eigenvalue weighted by Crippen LogP contribution is -2.45. The number of carbonyl (C=O) groups is 2. The zero-order valence-corrected chi connectivity index (χ0v) is 22.9. The number of hydrogen-bond acceptors (Lipinski definition) is 8. The first kappa shape index (κ1) is 26.4. The van der Waals surface area contributed by atoms with E-state index < -0.39 is 33.5 Å². The number of nitrogens with one attached hydrogen (secondary N) is 1. The van der Waals surface area contributed by atoms with Crippen LogP contribution in [0.25, 0.3) is 0 Å². The highest BCUT2D eigenvalue weighted by atomic mass is 32.2. The van der Waals surface area contributed by atoms with Crippen LogP contribution in [-0.2, 0) is 25.8 Å². The fourth-order valence-electron chi connectivity index (χ4n) is 4.57. The van der Waals surface area contributed by atoms with Crippen LogP contribution < -0.4 is 19.7 Å². The summed E-state index contributed by atoms with van der Waals surface area (Å²) in [5.74, 6) is 0.526. The second-order valence-corrected chi connectivity index (χ2v) is 13.7. The molecule has 0 radical (unpaired) electrons. The lowest BCUT2D eigenvalue weighted by molar-refractivity contribution is -0.119. The van der Waals surface area contributed by atoms with Crippen LogP contribution in [-0.4, -0.2) is 66.8 Å². The molecule has 1 N–H and O–H groups in total. The van der Waals surface area contributed by atoms with Crippen molar-refractivity contribution in [2.45, 2.75) is 50.1 Å². The maximum absolute atomic E-state index is 13.6. The van der Waals surface area contributed by atoms with Gasteiger partial charge in [0.2, 0.25) is 6.79 Å². The fourth-order valence-corrected chi connectivity index (χ4v) is 8.49. The Labute approximate surface area is 225 Å². The Morgan fingerprint density at radius 2 is 1.87 bits per heavy atom. The quantitative estimate of drug-likeness (QED) is 0.588. The molecule has 0 saturated carbocycles. The first-order valence-electron chi connectivity index (χ1n) is 12.2. The molecular weight excluding hydrogens is 530 g/mol. The van der Waals surface area contributed by atoms with Crippen LogP contribution in [0.15, 0.2) is 53.5 Å². The third kappa shape index (κ3) is 5.91. The number of anilines is 1. The second kappa shape index (κ2) is 10.1. The first-order chi connectivity index (χ1) is 18.0. The van der Waals surface area contributed by atoms with Crippen LogP contribution in [0.2, 0.25) is 0 Å². The lowest BCUT2D eigenvalue weighted by Gasteiger charge is -2.25. The van der Waals surface area contributed by atoms with Gasteiger partial charge in [0.1, 0.15) is 11.6 Å². The molecule has 3 heterocycles. The van der Waals surface area contributed by atoms with Crippen LogP contribution in [0.3, 0.4) is 0 Å². The van der Waals surface area contributed by atoms with Gasteiger partial charge in [0, 0.05) is 23.4 Å². The summed E-state index contributed by atoms with van der Waals surface area (Å²) in [6.07, 6.45) is -0.507. The van der Waals surface area contributed by atoms with Gasteiger partial charge in [0.15, 0.2) is 26.5 Å². The molecule has 0 spiro atoms. The maximum Gasteiger partial charge on any atom is 0.408 e. The number of hydrogen-bond donors (Lipinski definition) is 1. The molecule has 0 unspecified atom stereocenters. The summed E-state index contributed by atoms with van der Waals surface area (Å²) in [5, 5.41) is 2.77. The molecule has 12 heteroatoms. The number of nitrogens with zero attached hydrogens (tertiary/aromatic N) is 2. The van der Waals surface area contributed by atoms with Gasteiger partial charge in [-0.2, -0.15) is 4.99 Å². The van der Waals surface area contributed by atoms with Gasteiger partial charge < -0.3 is 24.4 Å². The summed E-state index contributed by atoms with van der Waals surface area (Å²) < 4.78 is 41.2. The number of benzene rings is 2. The van der Waals surface area contributed by atoms with E-state index in [-0.39, 0.29) is 36.0 Å². The van der Waals surface area contributed by atoms with Gasteiger partial charge >= 0.3 is 6.09 Å². The third-order valence-electron chi connectivity index (χ3n) is 6.18. The minimum atomic E-state index is -3.23. The topological polar surface area (TPSA) is 124 Å². The van der Waals surface area contributed by atoms with E-state index in [9.17, 15) is 18.0 Å². The SMILES string of the molecule is CC(C)(C)OC(=O)N[C@H](Cc1ccccc1)C(=O)N=C1S[C@H]2CS(=O)(=O)C[C@@H]2N1c1ccc2c(c1)OCO2. The average Bonchev–Trinajstić information content (AvgIpc) is 3.49. The number of fused-ring (bicyclic) bond motifs is 2. The van der Waals surface area contributed by atoms with E-state index in [1.165, 1.54) is 11.8 Å². The molecule has 2 aromatic carbocycles. The molecule has 5 rings (SSSR count). The zero-order valence-electron chi connectivity index (χ0n) is 21.2. The lowest BCUT2D eigenvalue weighted by atomic mass is 10.1. The van der Waals surface area contributed by atoms with Crippen LogP contribution in [0.5, 0.6) is 11.5 Å². The Hall–Kier alpha value is -3.25. The monoisotopic (exact) mass is 559 g/mol. The number of amides is 2. The summed E-state index contributed by atoms with van der Waals surface area (Å²) in [5.41, 5.74) is 0.755. The largest absolute Gasteiger partial charge is 0.454 e. The van der Waals surface area contributed by atoms with Gasteiger partial charge in [-0.1, -0.05) is 42.1 Å². The Balaban J connectivity index is 1.46. The molecule has 38 heavy (non-hydrogen) atoms. The third-order valence-corrected chi connectivity index (χ3v) is 9.39. The van der Waals surface area contributed by atoms with E-state index in [0.29, 0.717) is 22.4 Å². The number of ether oxygens (including phenoxy) is 3. The van der Waals surface area contributed by atoms with Crippen LogP contribution in [0.1, 0.15) is 26.3 Å². The van der Waals surface area contributed by atoms with Crippen molar-refractivity contribution < 1.29 is 32.2 Å². The summed E-state index contributed by atoms with van der Waals surface area (Å²) in [6.45, 7) is 5.33. The van der Waals surface area contributed by atoms with Gasteiger partial charge in [0.25, 0.3) is 5.91 Å². The minimum absolute atomic E-state index is 0.000197. The van der Waals surface area contributed by atoms with E-state index in [0.717, 1.165) is 5.56 Å². The smallest absolute Gasteiger partial charge is 0.408 e. The molecule has 2 amide bonds. The van der Waals surface area contributed by atoms with E-state index in [4.69, 9.17) is 14.2 Å². The number of sulfone groups is 1. The number of carbonyl (C=O) groups excluding carboxylic acids is 2. The molecule has 2 fully saturated rings. The summed E-state index contributed by atoms with van der Waals surface area (Å²) in [7, 11) is -3.23. The number of thioether (sulfide) groups is 1. The minimum Gasteiger partial charge on any atom is -0.454 e. The predicted molar refractivity (Wildman–Crippen MR) is 145 cm³/mol. The Morgan fingerprint density at radius 1 is 1.13 bits per heavy atom. The molecule has 10 nitrogen and oxygen atoms in total. The molecule has 3 aliphatic rings. The highest BCUT2D eigenvalue weighted by Gasteiger charge is 2.49. The van der Waals surface area contributed by atoms with Crippen molar-refractivity contribution in [1.29, 1.82) is 0 Å². The highest BCUT2D eigenvalue weighted by molar-refractivity contribution is 8.16. The van der Waals surface area contributed by atoms with E-state index in [2.05, 4.69) is 10.3 Å². The second-order valence-electron chi connectivity index (χ2n) is 10.3. The fraction of sp³-hybridized carbons (Fsp3) is 0.423. The molecule has 0 aromatic heterocycles. The predicted octanol–water partition coefficient (Wildman–Crippen LogP) is 3.15. The normalized spacial score (nSPS) is 23.2. The molecular formula is C26H29N3O7S2. The van der Waals surface area contributed by atoms with Crippen molar-refractivity contribution in [3.63, 3.8) is 0 Å². The maximum atomic E-state index is 13.6. The molecule has 2 aromatic rings. The summed E-state index contributed by atoms with van der Waals surface area (Å²) in [6, 6.07) is 13.2. The zero-order chi connectivity index (χ0) is 27.1. The van der Waals surface area contributed by atoms with Crippen molar-refractivity contribution in [2.24, 2.45) is 4.99 Å². The van der Waals surface area contributed by atoms with E-state index >= 15 is 0 Å². The Morgan fingerprint density at radius 3 is 2.61 bits per heavy atom. The van der Waals surface area contributed by atoms with Crippen LogP contribution in [0.4, 0.5) is 10.5 Å². The van der Waals surface area contributed by atoms with Crippen molar-refractivity contribution in [2.75, 3.05) is 23.2 Å². The van der Waals surface area contributed by atoms with Crippen molar-refractivity contribution >= 4 is 44.5 Å². The molecule has 0 bridgehead atoms. The highest BCUT2D eigenvalue weighted by Crippen LogP contribution is 2.44. The Kier molecular flexibility index (Phi) is 7.03. The molecule has 3 aliphatic heterocycles. The number of aliphatic imine (C=N–C) groups is 1. The Bertz CT molecular complexity index is 1370. The van der Waals surface area contributed by atoms with Crippen molar-refractivity contribution in [3.05, 3.63) is 54.1 Å². The van der Waals surface area contributed by atoms with Gasteiger partial charge in [-0.25, -0.2) is 13.2 Å². The summed E-state index contributed by atoms with van der Waals surface area (Å²) in [4.78, 5) is 32.4. The van der Waals surface area contributed by atoms with Gasteiger partial charge in [-0.15, -0.1) is 0 Å². The number of rotatable bonds is 5. The summed E-state index contributed by atoms with van der Waals surface area (Å²) >= 11 is 1.26. The molecule has 202 valence electrons. The van der Waals surface area contributed by atoms with Gasteiger partial charge in [-0.3, -0.25) is 4.79 Å². The van der Waals surface area contributed by atoms with E-state index in [1.54, 1.807) is 43.9 Å². The standard InChI is InChI=1S/C26H29N3O7S2/c1-26(2,3)36-25(31)27-18(11-16-7-5-4-6-8-16)23(30)28-24-29(19-13-38(32,33)14-22(19)37-24)17-9-10-20-21(12-17)35-15-34-20/h4-10,12,18-19,22H,11,13-15H2,1-3H3,(H,27,31)/t18-,19+,22+/m1/s1. The van der Waals surface area contributed by atoms with Gasteiger partial charge in [-0.05, 0) is 38.5 Å². The van der Waals surface area contributed by atoms with Crippen LogP contribution >= 0.6 is 11.8 Å². The van der Waals surface area contributed by atoms with E-state index in [1.807, 2.05) is 30.3 Å².